The van der Waals surface area contributed by atoms with Crippen LogP contribution < -0.4 is 0 Å². The zero-order chi connectivity index (χ0) is 26.4. The number of aliphatic hydroxyl groups excluding tert-OH is 6. The van der Waals surface area contributed by atoms with Crippen LogP contribution in [0.2, 0.25) is 0 Å². The van der Waals surface area contributed by atoms with Crippen LogP contribution in [-0.4, -0.2) is 117 Å². The highest BCUT2D eigenvalue weighted by atomic mass is 16.8. The Morgan fingerprint density at radius 1 is 0.714 bits per heavy atom. The van der Waals surface area contributed by atoms with Crippen LogP contribution in [0.15, 0.2) is 23.3 Å². The standard InChI is InChI=1S/C22H34O13/c1-5-9(3)19(29)33-17-13(25)11(7-23)31-21(15(17)27)35-22-16(28)18(14(26)12(8-24)32-22)34-20(30)10(4)6-2/h5-6,11-18,21-28H,7-8H2,1-4H3/b9-5-,10-6-/t11-,12-,13-,14-,15-,16-,17+,18+,21-,22-/m1/s1. The van der Waals surface area contributed by atoms with Crippen molar-refractivity contribution in [1.82, 2.24) is 0 Å². The van der Waals surface area contributed by atoms with Crippen LogP contribution >= 0.6 is 0 Å². The number of hydrogen-bond donors (Lipinski definition) is 6. The van der Waals surface area contributed by atoms with Gasteiger partial charge in [0, 0.05) is 11.1 Å². The fraction of sp³-hybridized carbons (Fsp3) is 0.727. The molecule has 0 saturated carbocycles. The number of esters is 2. The highest BCUT2D eigenvalue weighted by molar-refractivity contribution is 5.88. The molecule has 2 aliphatic heterocycles. The fourth-order valence-corrected chi connectivity index (χ4v) is 3.41. The van der Waals surface area contributed by atoms with Crippen LogP contribution in [0.5, 0.6) is 0 Å². The van der Waals surface area contributed by atoms with Gasteiger partial charge in [-0.25, -0.2) is 9.59 Å². The zero-order valence-electron chi connectivity index (χ0n) is 19.9. The SMILES string of the molecule is C/C=C(/C)C(=O)O[C@@H]1[C@@H](O)[C@@H](O[C@H]2O[C@H](CO)[C@@H](O)[C@H](OC(=O)/C(C)=C\C)[C@H]2O)O[C@H](CO)[C@H]1O. The average Bonchev–Trinajstić information content (AvgIpc) is 2.85. The third-order valence-corrected chi connectivity index (χ3v) is 5.91. The van der Waals surface area contributed by atoms with Crippen molar-refractivity contribution in [2.24, 2.45) is 0 Å². The van der Waals surface area contributed by atoms with Crippen molar-refractivity contribution in [3.05, 3.63) is 23.3 Å². The molecule has 13 nitrogen and oxygen atoms in total. The largest absolute Gasteiger partial charge is 0.453 e. The first-order valence-corrected chi connectivity index (χ1v) is 11.1. The van der Waals surface area contributed by atoms with Crippen LogP contribution in [0.3, 0.4) is 0 Å². The Balaban J connectivity index is 2.25. The molecule has 13 heteroatoms. The Bertz CT molecular complexity index is 732. The van der Waals surface area contributed by atoms with E-state index in [1.54, 1.807) is 13.8 Å². The van der Waals surface area contributed by atoms with Crippen LogP contribution in [0, 0.1) is 0 Å². The van der Waals surface area contributed by atoms with Crippen molar-refractivity contribution in [3.63, 3.8) is 0 Å². The van der Waals surface area contributed by atoms with Crippen LogP contribution in [0.1, 0.15) is 27.7 Å². The number of allylic oxidation sites excluding steroid dienone is 2. The van der Waals surface area contributed by atoms with Gasteiger partial charge in [0.25, 0.3) is 0 Å². The smallest absolute Gasteiger partial charge is 0.333 e. The Hall–Kier alpha value is -1.94. The lowest BCUT2D eigenvalue weighted by atomic mass is 9.97. The van der Waals surface area contributed by atoms with Crippen molar-refractivity contribution >= 4 is 11.9 Å². The Morgan fingerprint density at radius 3 is 1.34 bits per heavy atom. The van der Waals surface area contributed by atoms with E-state index in [4.69, 9.17) is 23.7 Å². The van der Waals surface area contributed by atoms with Crippen molar-refractivity contribution in [2.75, 3.05) is 13.2 Å². The van der Waals surface area contributed by atoms with Gasteiger partial charge in [0.15, 0.2) is 24.8 Å². The van der Waals surface area contributed by atoms with E-state index >= 15 is 0 Å². The summed E-state index contributed by atoms with van der Waals surface area (Å²) in [6, 6.07) is 0. The Labute approximate surface area is 202 Å². The summed E-state index contributed by atoms with van der Waals surface area (Å²) in [6.45, 7) is 4.62. The zero-order valence-corrected chi connectivity index (χ0v) is 19.9. The molecule has 0 bridgehead atoms. The summed E-state index contributed by atoms with van der Waals surface area (Å²) >= 11 is 0. The first-order valence-electron chi connectivity index (χ1n) is 11.1. The highest BCUT2D eigenvalue weighted by Gasteiger charge is 2.52. The normalized spacial score (nSPS) is 38.7. The maximum absolute atomic E-state index is 12.2. The first-order chi connectivity index (χ1) is 16.5. The van der Waals surface area contributed by atoms with Gasteiger partial charge in [0.1, 0.15) is 36.6 Å². The van der Waals surface area contributed by atoms with Gasteiger partial charge in [-0.1, -0.05) is 12.2 Å². The molecule has 2 rings (SSSR count). The van der Waals surface area contributed by atoms with E-state index in [0.29, 0.717) is 0 Å². The number of carbonyl (C=O) groups excluding carboxylic acids is 2. The molecule has 10 atom stereocenters. The lowest BCUT2D eigenvalue weighted by Crippen LogP contribution is -2.64. The highest BCUT2D eigenvalue weighted by Crippen LogP contribution is 2.30. The van der Waals surface area contributed by atoms with Gasteiger partial charge in [-0.2, -0.15) is 0 Å². The van der Waals surface area contributed by atoms with Gasteiger partial charge in [0.05, 0.1) is 13.2 Å². The van der Waals surface area contributed by atoms with E-state index in [-0.39, 0.29) is 11.1 Å². The molecule has 2 aliphatic rings. The minimum absolute atomic E-state index is 0.195. The van der Waals surface area contributed by atoms with E-state index in [9.17, 15) is 40.2 Å². The van der Waals surface area contributed by atoms with Gasteiger partial charge in [0.2, 0.25) is 0 Å². The van der Waals surface area contributed by atoms with E-state index in [1.165, 1.54) is 26.0 Å². The molecule has 0 spiro atoms. The number of ether oxygens (including phenoxy) is 5. The summed E-state index contributed by atoms with van der Waals surface area (Å²) in [4.78, 5) is 24.4. The predicted octanol–water partition coefficient (Wildman–Crippen LogP) is -2.36. The van der Waals surface area contributed by atoms with Gasteiger partial charge in [-0.3, -0.25) is 0 Å². The number of carbonyl (C=O) groups is 2. The number of aliphatic hydroxyl groups is 6. The second-order valence-electron chi connectivity index (χ2n) is 8.23. The van der Waals surface area contributed by atoms with E-state index in [2.05, 4.69) is 0 Å². The number of hydrogen-bond acceptors (Lipinski definition) is 13. The molecular formula is C22H34O13. The number of rotatable bonds is 8. The summed E-state index contributed by atoms with van der Waals surface area (Å²) in [5, 5.41) is 61.4. The van der Waals surface area contributed by atoms with Crippen molar-refractivity contribution in [3.8, 4) is 0 Å². The molecule has 2 fully saturated rings. The topological polar surface area (TPSA) is 202 Å². The summed E-state index contributed by atoms with van der Waals surface area (Å²) < 4.78 is 26.6. The molecular weight excluding hydrogens is 472 g/mol. The molecule has 200 valence electrons. The fourth-order valence-electron chi connectivity index (χ4n) is 3.41. The van der Waals surface area contributed by atoms with Crippen molar-refractivity contribution in [1.29, 1.82) is 0 Å². The third kappa shape index (κ3) is 6.64. The summed E-state index contributed by atoms with van der Waals surface area (Å²) in [7, 11) is 0. The van der Waals surface area contributed by atoms with E-state index < -0.39 is 86.6 Å². The second kappa shape index (κ2) is 12.9. The molecule has 35 heavy (non-hydrogen) atoms. The van der Waals surface area contributed by atoms with Crippen LogP contribution in [0.4, 0.5) is 0 Å². The van der Waals surface area contributed by atoms with Gasteiger partial charge >= 0.3 is 11.9 Å². The van der Waals surface area contributed by atoms with Crippen LogP contribution in [-0.2, 0) is 33.3 Å². The van der Waals surface area contributed by atoms with Crippen LogP contribution in [0.25, 0.3) is 0 Å². The lowest BCUT2D eigenvalue weighted by Gasteiger charge is -2.45. The maximum atomic E-state index is 12.2. The second-order valence-corrected chi connectivity index (χ2v) is 8.23. The van der Waals surface area contributed by atoms with Crippen molar-refractivity contribution in [2.45, 2.75) is 89.1 Å². The van der Waals surface area contributed by atoms with Gasteiger partial charge in [-0.15, -0.1) is 0 Å². The Kier molecular flexibility index (Phi) is 10.8. The van der Waals surface area contributed by atoms with E-state index in [0.717, 1.165) is 0 Å². The Morgan fingerprint density at radius 2 is 1.06 bits per heavy atom. The van der Waals surface area contributed by atoms with Gasteiger partial charge < -0.3 is 54.3 Å². The summed E-state index contributed by atoms with van der Waals surface area (Å²) in [6.07, 6.45) is -13.2. The molecule has 0 aliphatic carbocycles. The molecule has 2 heterocycles. The monoisotopic (exact) mass is 506 g/mol. The minimum Gasteiger partial charge on any atom is -0.453 e. The average molecular weight is 507 g/mol. The van der Waals surface area contributed by atoms with Crippen molar-refractivity contribution < 1.29 is 63.9 Å². The third-order valence-electron chi connectivity index (χ3n) is 5.91. The molecule has 6 N–H and O–H groups in total. The molecule has 0 aromatic carbocycles. The molecule has 0 aromatic rings. The summed E-state index contributed by atoms with van der Waals surface area (Å²) in [5.41, 5.74) is 0.390. The molecule has 2 saturated heterocycles. The molecule has 0 aromatic heterocycles. The molecule has 0 amide bonds. The quantitative estimate of drug-likeness (QED) is 0.151. The molecule has 0 unspecified atom stereocenters. The van der Waals surface area contributed by atoms with Gasteiger partial charge in [-0.05, 0) is 27.7 Å². The first kappa shape index (κ1) is 29.3. The predicted molar refractivity (Wildman–Crippen MR) is 115 cm³/mol. The minimum atomic E-state index is -1.80. The lowest BCUT2D eigenvalue weighted by molar-refractivity contribution is -0.376. The van der Waals surface area contributed by atoms with E-state index in [1.807, 2.05) is 0 Å². The molecule has 0 radical (unpaired) electrons. The summed E-state index contributed by atoms with van der Waals surface area (Å²) in [5.74, 6) is -1.67. The maximum Gasteiger partial charge on any atom is 0.333 e.